The van der Waals surface area contributed by atoms with Crippen LogP contribution < -0.4 is 10.6 Å². The molecule has 2 amide bonds. The number of carbonyl (C=O) groups is 2. The van der Waals surface area contributed by atoms with Crippen LogP contribution in [0.1, 0.15) is 33.1 Å². The molecule has 0 bridgehead atoms. The number of aryl methyl sites for hydroxylation is 1. The minimum atomic E-state index is -0.345. The molecule has 0 saturated carbocycles. The predicted octanol–water partition coefficient (Wildman–Crippen LogP) is 3.51. The summed E-state index contributed by atoms with van der Waals surface area (Å²) in [4.78, 5) is 32.3. The lowest BCUT2D eigenvalue weighted by Crippen LogP contribution is -2.39. The largest absolute Gasteiger partial charge is 0.345 e. The third-order valence-corrected chi connectivity index (χ3v) is 4.94. The maximum absolute atomic E-state index is 12.7. The number of amides is 2. The van der Waals surface area contributed by atoms with E-state index in [2.05, 4.69) is 20.6 Å². The Morgan fingerprint density at radius 1 is 0.967 bits per heavy atom. The van der Waals surface area contributed by atoms with Crippen LogP contribution >= 0.6 is 0 Å². The van der Waals surface area contributed by atoms with Gasteiger partial charge in [-0.15, -0.1) is 0 Å². The lowest BCUT2D eigenvalue weighted by Gasteiger charge is -2.20. The Labute approximate surface area is 174 Å². The standard InChI is InChI=1S/C24H22N4O2/c1-16-7-9-18(10-8-16)24(30)25-14-22(29)28-23(17-5-3-2-4-6-17)19-11-12-20-21(13-19)27-15-26-20/h2-13,15,23H,14H2,1H3,(H,25,30)(H,26,27)(H,28,29). The first-order valence-corrected chi connectivity index (χ1v) is 9.72. The molecule has 0 fully saturated rings. The SMILES string of the molecule is Cc1ccc(C(=O)NCC(=O)NC(c2ccccc2)c2ccc3nc[nH]c3c2)cc1. The highest BCUT2D eigenvalue weighted by molar-refractivity contribution is 5.96. The van der Waals surface area contributed by atoms with Gasteiger partial charge in [-0.2, -0.15) is 0 Å². The smallest absolute Gasteiger partial charge is 0.251 e. The average Bonchev–Trinajstić information content (AvgIpc) is 3.25. The molecule has 0 spiro atoms. The first-order valence-electron chi connectivity index (χ1n) is 9.72. The van der Waals surface area contributed by atoms with E-state index in [0.717, 1.165) is 27.7 Å². The van der Waals surface area contributed by atoms with Crippen LogP contribution in [-0.2, 0) is 4.79 Å². The minimum absolute atomic E-state index is 0.109. The van der Waals surface area contributed by atoms with E-state index in [1.807, 2.05) is 67.6 Å². The number of imidazole rings is 1. The summed E-state index contributed by atoms with van der Waals surface area (Å²) in [6, 6.07) is 22.5. The Balaban J connectivity index is 1.49. The molecule has 150 valence electrons. The number of nitrogens with zero attached hydrogens (tertiary/aromatic N) is 1. The number of nitrogens with one attached hydrogen (secondary N) is 3. The maximum Gasteiger partial charge on any atom is 0.251 e. The molecule has 30 heavy (non-hydrogen) atoms. The van der Waals surface area contributed by atoms with Gasteiger partial charge in [0.15, 0.2) is 0 Å². The van der Waals surface area contributed by atoms with Gasteiger partial charge in [-0.3, -0.25) is 9.59 Å². The van der Waals surface area contributed by atoms with Crippen LogP contribution in [-0.4, -0.2) is 28.3 Å². The van der Waals surface area contributed by atoms with Gasteiger partial charge in [0.1, 0.15) is 0 Å². The van der Waals surface area contributed by atoms with Gasteiger partial charge < -0.3 is 15.6 Å². The highest BCUT2D eigenvalue weighted by Crippen LogP contribution is 2.24. The lowest BCUT2D eigenvalue weighted by molar-refractivity contribution is -0.120. The van der Waals surface area contributed by atoms with Crippen LogP contribution in [0.3, 0.4) is 0 Å². The zero-order chi connectivity index (χ0) is 20.9. The number of hydrogen-bond acceptors (Lipinski definition) is 3. The molecule has 1 heterocycles. The van der Waals surface area contributed by atoms with Crippen molar-refractivity contribution in [3.8, 4) is 0 Å². The molecule has 4 rings (SSSR count). The van der Waals surface area contributed by atoms with Gasteiger partial charge in [-0.1, -0.05) is 54.1 Å². The number of rotatable bonds is 6. The highest BCUT2D eigenvalue weighted by Gasteiger charge is 2.18. The number of carbonyl (C=O) groups excluding carboxylic acids is 2. The Morgan fingerprint density at radius 2 is 1.73 bits per heavy atom. The van der Waals surface area contributed by atoms with Crippen molar-refractivity contribution >= 4 is 22.8 Å². The van der Waals surface area contributed by atoms with Crippen molar-refractivity contribution in [3.05, 3.63) is 101 Å². The van der Waals surface area contributed by atoms with E-state index in [1.54, 1.807) is 18.5 Å². The molecule has 0 saturated heterocycles. The summed E-state index contributed by atoms with van der Waals surface area (Å²) < 4.78 is 0. The first kappa shape index (κ1) is 19.4. The highest BCUT2D eigenvalue weighted by atomic mass is 16.2. The molecule has 0 aliphatic carbocycles. The van der Waals surface area contributed by atoms with Gasteiger partial charge >= 0.3 is 0 Å². The normalized spacial score (nSPS) is 11.8. The fourth-order valence-corrected chi connectivity index (χ4v) is 3.32. The summed E-state index contributed by atoms with van der Waals surface area (Å²) >= 11 is 0. The number of aromatic amines is 1. The van der Waals surface area contributed by atoms with Gasteiger partial charge in [0.05, 0.1) is 29.9 Å². The van der Waals surface area contributed by atoms with Gasteiger partial charge in [0, 0.05) is 5.56 Å². The number of fused-ring (bicyclic) bond motifs is 1. The zero-order valence-electron chi connectivity index (χ0n) is 16.6. The molecule has 0 radical (unpaired) electrons. The van der Waals surface area contributed by atoms with Gasteiger partial charge in [0.25, 0.3) is 5.91 Å². The summed E-state index contributed by atoms with van der Waals surface area (Å²) in [6.07, 6.45) is 1.64. The van der Waals surface area contributed by atoms with E-state index in [4.69, 9.17) is 0 Å². The summed E-state index contributed by atoms with van der Waals surface area (Å²) in [5.41, 5.74) is 5.24. The van der Waals surface area contributed by atoms with Crippen molar-refractivity contribution in [2.75, 3.05) is 6.54 Å². The average molecular weight is 398 g/mol. The topological polar surface area (TPSA) is 86.9 Å². The van der Waals surface area contributed by atoms with E-state index in [0.29, 0.717) is 5.56 Å². The fourth-order valence-electron chi connectivity index (χ4n) is 3.32. The molecule has 1 atom stereocenters. The minimum Gasteiger partial charge on any atom is -0.345 e. The number of benzene rings is 3. The number of hydrogen-bond donors (Lipinski definition) is 3. The Hall–Kier alpha value is -3.93. The van der Waals surface area contributed by atoms with Crippen LogP contribution in [0.2, 0.25) is 0 Å². The van der Waals surface area contributed by atoms with Crippen LogP contribution in [0.5, 0.6) is 0 Å². The third kappa shape index (κ3) is 4.38. The van der Waals surface area contributed by atoms with Crippen molar-refractivity contribution in [2.45, 2.75) is 13.0 Å². The van der Waals surface area contributed by atoms with E-state index in [-0.39, 0.29) is 24.4 Å². The zero-order valence-corrected chi connectivity index (χ0v) is 16.6. The third-order valence-electron chi connectivity index (χ3n) is 4.94. The van der Waals surface area contributed by atoms with Crippen molar-refractivity contribution in [3.63, 3.8) is 0 Å². The summed E-state index contributed by atoms with van der Waals surface area (Å²) in [6.45, 7) is 1.85. The molecule has 6 nitrogen and oxygen atoms in total. The molecule has 0 aliphatic rings. The molecule has 6 heteroatoms. The number of H-pyrrole nitrogens is 1. The second-order valence-corrected chi connectivity index (χ2v) is 7.14. The second-order valence-electron chi connectivity index (χ2n) is 7.14. The molecule has 3 N–H and O–H groups in total. The van der Waals surface area contributed by atoms with Crippen molar-refractivity contribution in [1.29, 1.82) is 0 Å². The summed E-state index contributed by atoms with van der Waals surface area (Å²) in [5.74, 6) is -0.547. The second kappa shape index (κ2) is 8.61. The van der Waals surface area contributed by atoms with E-state index < -0.39 is 0 Å². The summed E-state index contributed by atoms with van der Waals surface area (Å²) in [7, 11) is 0. The van der Waals surface area contributed by atoms with E-state index in [9.17, 15) is 9.59 Å². The van der Waals surface area contributed by atoms with Crippen molar-refractivity contribution < 1.29 is 9.59 Å². The molecule has 3 aromatic carbocycles. The van der Waals surface area contributed by atoms with Crippen LogP contribution in [0.4, 0.5) is 0 Å². The van der Waals surface area contributed by atoms with Crippen molar-refractivity contribution in [1.82, 2.24) is 20.6 Å². The van der Waals surface area contributed by atoms with Crippen LogP contribution in [0, 0.1) is 6.92 Å². The monoisotopic (exact) mass is 398 g/mol. The van der Waals surface area contributed by atoms with Crippen LogP contribution in [0.15, 0.2) is 79.1 Å². The van der Waals surface area contributed by atoms with Gasteiger partial charge in [-0.05, 0) is 42.3 Å². The summed E-state index contributed by atoms with van der Waals surface area (Å²) in [5, 5.41) is 5.72. The predicted molar refractivity (Wildman–Crippen MR) is 116 cm³/mol. The molecule has 1 unspecified atom stereocenters. The molecule has 1 aromatic heterocycles. The van der Waals surface area contributed by atoms with Crippen molar-refractivity contribution in [2.24, 2.45) is 0 Å². The molecular weight excluding hydrogens is 376 g/mol. The quantitative estimate of drug-likeness (QED) is 0.465. The first-order chi connectivity index (χ1) is 14.6. The Kier molecular flexibility index (Phi) is 5.57. The Bertz CT molecular complexity index is 1170. The maximum atomic E-state index is 12.7. The molecule has 4 aromatic rings. The molecular formula is C24H22N4O2. The van der Waals surface area contributed by atoms with E-state index in [1.165, 1.54) is 0 Å². The van der Waals surface area contributed by atoms with E-state index >= 15 is 0 Å². The molecule has 0 aliphatic heterocycles. The Morgan fingerprint density at radius 3 is 2.50 bits per heavy atom. The number of aromatic nitrogens is 2. The van der Waals surface area contributed by atoms with Crippen LogP contribution in [0.25, 0.3) is 11.0 Å². The van der Waals surface area contributed by atoms with Gasteiger partial charge in [0.2, 0.25) is 5.91 Å². The van der Waals surface area contributed by atoms with Gasteiger partial charge in [-0.25, -0.2) is 4.98 Å². The lowest BCUT2D eigenvalue weighted by atomic mass is 9.98. The fraction of sp³-hybridized carbons (Fsp3) is 0.125.